The maximum Gasteiger partial charge on any atom is 0.330 e. The second kappa shape index (κ2) is 4.95. The van der Waals surface area contributed by atoms with E-state index >= 15 is 0 Å². The number of hydrogen-bond donors (Lipinski definition) is 1. The molecule has 3 atom stereocenters. The predicted octanol–water partition coefficient (Wildman–Crippen LogP) is 2.12. The van der Waals surface area contributed by atoms with Crippen molar-refractivity contribution < 1.29 is 5.11 Å². The number of aryl methyl sites for hydroxylation is 1. The van der Waals surface area contributed by atoms with Crippen LogP contribution < -0.4 is 5.69 Å². The fourth-order valence-corrected chi connectivity index (χ4v) is 3.41. The summed E-state index contributed by atoms with van der Waals surface area (Å²) in [6.07, 6.45) is 0. The summed E-state index contributed by atoms with van der Waals surface area (Å²) in [6, 6.07) is 4.02. The molecule has 5 heteroatoms. The first-order valence-electron chi connectivity index (χ1n) is 7.91. The van der Waals surface area contributed by atoms with Gasteiger partial charge >= 0.3 is 5.69 Å². The maximum atomic E-state index is 12.5. The molecule has 1 saturated carbocycles. The molecule has 2 aromatic heterocycles. The first-order valence-corrected chi connectivity index (χ1v) is 7.91. The van der Waals surface area contributed by atoms with Gasteiger partial charge in [-0.15, -0.1) is 0 Å². The largest absolute Gasteiger partial charge is 0.396 e. The summed E-state index contributed by atoms with van der Waals surface area (Å²) in [4.78, 5) is 17.2. The molecular weight excluding hydrogens is 278 g/mol. The van der Waals surface area contributed by atoms with Gasteiger partial charge in [-0.25, -0.2) is 9.78 Å². The van der Waals surface area contributed by atoms with Crippen LogP contribution in [0, 0.1) is 17.3 Å². The smallest absolute Gasteiger partial charge is 0.330 e. The first kappa shape index (κ1) is 15.3. The highest BCUT2D eigenvalue weighted by atomic mass is 16.3. The Bertz CT molecular complexity index is 767. The van der Waals surface area contributed by atoms with Crippen LogP contribution >= 0.6 is 0 Å². The van der Waals surface area contributed by atoms with Gasteiger partial charge in [0.05, 0.1) is 5.52 Å². The van der Waals surface area contributed by atoms with Crippen LogP contribution in [0.15, 0.2) is 16.9 Å². The minimum atomic E-state index is -0.0165. The summed E-state index contributed by atoms with van der Waals surface area (Å²) in [5, 5.41) is 9.36. The SMILES string of the molecule is CC1C(CO)C1c1ccc2c(n1)n(C)c(=O)n2CC(C)(C)C. The third kappa shape index (κ3) is 2.37. The molecule has 1 fully saturated rings. The van der Waals surface area contributed by atoms with E-state index in [0.29, 0.717) is 24.3 Å². The van der Waals surface area contributed by atoms with Crippen molar-refractivity contribution in [2.75, 3.05) is 6.61 Å². The van der Waals surface area contributed by atoms with E-state index in [9.17, 15) is 9.90 Å². The molecule has 0 aliphatic heterocycles. The van der Waals surface area contributed by atoms with E-state index in [4.69, 9.17) is 4.98 Å². The van der Waals surface area contributed by atoms with Crippen LogP contribution in [0.1, 0.15) is 39.3 Å². The summed E-state index contributed by atoms with van der Waals surface area (Å²) < 4.78 is 3.44. The third-order valence-electron chi connectivity index (χ3n) is 4.75. The van der Waals surface area contributed by atoms with E-state index in [-0.39, 0.29) is 17.7 Å². The fraction of sp³-hybridized carbons (Fsp3) is 0.647. The van der Waals surface area contributed by atoms with E-state index in [1.165, 1.54) is 0 Å². The summed E-state index contributed by atoms with van der Waals surface area (Å²) >= 11 is 0. The van der Waals surface area contributed by atoms with Gasteiger partial charge in [0.2, 0.25) is 0 Å². The molecule has 0 spiro atoms. The van der Waals surface area contributed by atoms with Gasteiger partial charge in [0.1, 0.15) is 0 Å². The Kier molecular flexibility index (Phi) is 3.44. The van der Waals surface area contributed by atoms with Crippen LogP contribution in [0.5, 0.6) is 0 Å². The van der Waals surface area contributed by atoms with Gasteiger partial charge in [-0.3, -0.25) is 9.13 Å². The second-order valence-electron chi connectivity index (χ2n) is 7.80. The number of rotatable bonds is 3. The van der Waals surface area contributed by atoms with Crippen LogP contribution in [0.2, 0.25) is 0 Å². The van der Waals surface area contributed by atoms with Crippen LogP contribution in [-0.2, 0) is 13.6 Å². The lowest BCUT2D eigenvalue weighted by atomic mass is 9.97. The van der Waals surface area contributed by atoms with Gasteiger partial charge in [-0.2, -0.15) is 0 Å². The second-order valence-corrected chi connectivity index (χ2v) is 7.80. The van der Waals surface area contributed by atoms with Crippen molar-refractivity contribution in [3.05, 3.63) is 28.3 Å². The Morgan fingerprint density at radius 2 is 2.00 bits per heavy atom. The van der Waals surface area contributed by atoms with Crippen molar-refractivity contribution in [2.45, 2.75) is 40.2 Å². The Morgan fingerprint density at radius 3 is 2.55 bits per heavy atom. The van der Waals surface area contributed by atoms with Gasteiger partial charge < -0.3 is 5.11 Å². The fourth-order valence-electron chi connectivity index (χ4n) is 3.41. The van der Waals surface area contributed by atoms with Crippen LogP contribution in [0.4, 0.5) is 0 Å². The monoisotopic (exact) mass is 303 g/mol. The molecule has 0 radical (unpaired) electrons. The van der Waals surface area contributed by atoms with E-state index in [0.717, 1.165) is 16.9 Å². The number of aliphatic hydroxyl groups is 1. The zero-order chi connectivity index (χ0) is 16.2. The van der Waals surface area contributed by atoms with Crippen molar-refractivity contribution in [2.24, 2.45) is 24.3 Å². The van der Waals surface area contributed by atoms with Crippen molar-refractivity contribution >= 4 is 11.2 Å². The number of aliphatic hydroxyl groups excluding tert-OH is 1. The molecular formula is C17H25N3O2. The number of imidazole rings is 1. The number of aromatic nitrogens is 3. The predicted molar refractivity (Wildman–Crippen MR) is 86.9 cm³/mol. The standard InChI is InChI=1S/C17H25N3O2/c1-10-11(8-21)14(10)12-6-7-13-15(18-12)19(5)16(22)20(13)9-17(2,3)4/h6-7,10-11,14,21H,8-9H2,1-5H3. The molecule has 2 heterocycles. The number of nitrogens with zero attached hydrogens (tertiary/aromatic N) is 3. The lowest BCUT2D eigenvalue weighted by Gasteiger charge is -2.18. The summed E-state index contributed by atoms with van der Waals surface area (Å²) in [7, 11) is 1.78. The molecule has 1 aliphatic rings. The highest BCUT2D eigenvalue weighted by molar-refractivity contribution is 5.72. The van der Waals surface area contributed by atoms with E-state index in [2.05, 4.69) is 27.7 Å². The highest BCUT2D eigenvalue weighted by Gasteiger charge is 2.48. The minimum absolute atomic E-state index is 0.0165. The molecule has 5 nitrogen and oxygen atoms in total. The molecule has 22 heavy (non-hydrogen) atoms. The number of fused-ring (bicyclic) bond motifs is 1. The molecule has 0 amide bonds. The average molecular weight is 303 g/mol. The molecule has 1 N–H and O–H groups in total. The normalized spacial score (nSPS) is 24.9. The Morgan fingerprint density at radius 1 is 1.32 bits per heavy atom. The Hall–Kier alpha value is -1.62. The highest BCUT2D eigenvalue weighted by Crippen LogP contribution is 2.52. The van der Waals surface area contributed by atoms with E-state index in [1.807, 2.05) is 16.7 Å². The zero-order valence-corrected chi connectivity index (χ0v) is 14.0. The first-order chi connectivity index (χ1) is 10.2. The summed E-state index contributed by atoms with van der Waals surface area (Å²) in [5.41, 5.74) is 2.63. The van der Waals surface area contributed by atoms with Gasteiger partial charge in [-0.1, -0.05) is 27.7 Å². The van der Waals surface area contributed by atoms with Gasteiger partial charge in [0.25, 0.3) is 0 Å². The van der Waals surface area contributed by atoms with Crippen molar-refractivity contribution in [3.8, 4) is 0 Å². The van der Waals surface area contributed by atoms with Crippen molar-refractivity contribution in [1.29, 1.82) is 0 Å². The Balaban J connectivity index is 2.07. The van der Waals surface area contributed by atoms with Gasteiger partial charge in [-0.05, 0) is 29.4 Å². The maximum absolute atomic E-state index is 12.5. The minimum Gasteiger partial charge on any atom is -0.396 e. The topological polar surface area (TPSA) is 60.1 Å². The lowest BCUT2D eigenvalue weighted by Crippen LogP contribution is -2.27. The summed E-state index contributed by atoms with van der Waals surface area (Å²) in [5.74, 6) is 1.08. The van der Waals surface area contributed by atoms with Crippen LogP contribution in [0.3, 0.4) is 0 Å². The summed E-state index contributed by atoms with van der Waals surface area (Å²) in [6.45, 7) is 9.38. The molecule has 0 bridgehead atoms. The average Bonchev–Trinajstić information content (AvgIpc) is 3.05. The van der Waals surface area contributed by atoms with Crippen molar-refractivity contribution in [3.63, 3.8) is 0 Å². The Labute approximate surface area is 130 Å². The van der Waals surface area contributed by atoms with Gasteiger partial charge in [0, 0.05) is 31.8 Å². The van der Waals surface area contributed by atoms with Crippen LogP contribution in [-0.4, -0.2) is 25.8 Å². The molecule has 3 unspecified atom stereocenters. The molecule has 3 rings (SSSR count). The van der Waals surface area contributed by atoms with E-state index < -0.39 is 0 Å². The zero-order valence-electron chi connectivity index (χ0n) is 14.0. The number of hydrogen-bond acceptors (Lipinski definition) is 3. The quantitative estimate of drug-likeness (QED) is 0.945. The molecule has 120 valence electrons. The van der Waals surface area contributed by atoms with E-state index in [1.54, 1.807) is 11.6 Å². The molecule has 0 aromatic carbocycles. The lowest BCUT2D eigenvalue weighted by molar-refractivity contribution is 0.268. The molecule has 2 aromatic rings. The van der Waals surface area contributed by atoms with Gasteiger partial charge in [0.15, 0.2) is 5.65 Å². The third-order valence-corrected chi connectivity index (χ3v) is 4.75. The molecule has 0 saturated heterocycles. The van der Waals surface area contributed by atoms with Crippen LogP contribution in [0.25, 0.3) is 11.2 Å². The number of pyridine rings is 1. The van der Waals surface area contributed by atoms with Crippen molar-refractivity contribution in [1.82, 2.24) is 14.1 Å². The molecule has 1 aliphatic carbocycles.